The fourth-order valence-electron chi connectivity index (χ4n) is 3.76. The third-order valence-electron chi connectivity index (χ3n) is 5.77. The highest BCUT2D eigenvalue weighted by Gasteiger charge is 2.21. The molecule has 0 unspecified atom stereocenters. The van der Waals surface area contributed by atoms with Crippen molar-refractivity contribution >= 4 is 28.3 Å². The lowest BCUT2D eigenvalue weighted by atomic mass is 10.1. The van der Waals surface area contributed by atoms with Crippen molar-refractivity contribution in [3.63, 3.8) is 0 Å². The summed E-state index contributed by atoms with van der Waals surface area (Å²) in [6, 6.07) is 16.1. The van der Waals surface area contributed by atoms with Gasteiger partial charge in [-0.25, -0.2) is 9.37 Å². The number of amides is 1. The van der Waals surface area contributed by atoms with Crippen LogP contribution in [0.5, 0.6) is 11.5 Å². The molecule has 3 aromatic carbocycles. The molecule has 5 aromatic rings. The lowest BCUT2D eigenvalue weighted by Gasteiger charge is -2.11. The van der Waals surface area contributed by atoms with E-state index in [1.807, 2.05) is 26.0 Å². The number of rotatable bonds is 6. The molecule has 0 fully saturated rings. The number of hydrogen-bond acceptors (Lipinski definition) is 6. The van der Waals surface area contributed by atoms with E-state index in [0.29, 0.717) is 22.8 Å². The molecule has 36 heavy (non-hydrogen) atoms. The maximum Gasteiger partial charge on any atom is 0.296 e. The molecule has 0 aliphatic carbocycles. The summed E-state index contributed by atoms with van der Waals surface area (Å²) in [4.78, 5) is 33.4. The van der Waals surface area contributed by atoms with Crippen LogP contribution in [0.15, 0.2) is 83.9 Å². The molecular formula is C28H20FN3O4. The minimum absolute atomic E-state index is 0.190. The van der Waals surface area contributed by atoms with E-state index in [9.17, 15) is 14.0 Å². The summed E-state index contributed by atoms with van der Waals surface area (Å²) in [6.45, 7) is 3.99. The molecule has 1 amide bonds. The van der Waals surface area contributed by atoms with Crippen molar-refractivity contribution in [3.05, 3.63) is 102 Å². The zero-order valence-corrected chi connectivity index (χ0v) is 19.4. The van der Waals surface area contributed by atoms with E-state index in [4.69, 9.17) is 9.15 Å². The minimum atomic E-state index is -1.01. The maximum atomic E-state index is 14.9. The lowest BCUT2D eigenvalue weighted by molar-refractivity contribution is -0.112. The van der Waals surface area contributed by atoms with Crippen LogP contribution in [-0.2, 0) is 4.79 Å². The molecule has 0 atom stereocenters. The Morgan fingerprint density at radius 2 is 1.83 bits per heavy atom. The lowest BCUT2D eigenvalue weighted by Crippen LogP contribution is -2.23. The van der Waals surface area contributed by atoms with Gasteiger partial charge in [-0.2, -0.15) is 0 Å². The van der Waals surface area contributed by atoms with E-state index in [-0.39, 0.29) is 11.3 Å². The number of aryl methyl sites for hydroxylation is 2. The average Bonchev–Trinajstić information content (AvgIpc) is 3.40. The Morgan fingerprint density at radius 3 is 2.61 bits per heavy atom. The van der Waals surface area contributed by atoms with Crippen molar-refractivity contribution in [1.82, 2.24) is 9.97 Å². The molecule has 0 bridgehead atoms. The van der Waals surface area contributed by atoms with Crippen LogP contribution in [0.4, 0.5) is 10.1 Å². The van der Waals surface area contributed by atoms with Gasteiger partial charge in [-0.1, -0.05) is 12.1 Å². The van der Waals surface area contributed by atoms with Gasteiger partial charge in [-0.15, -0.1) is 0 Å². The van der Waals surface area contributed by atoms with Crippen LogP contribution in [-0.4, -0.2) is 21.7 Å². The molecule has 7 nitrogen and oxygen atoms in total. The van der Waals surface area contributed by atoms with Crippen molar-refractivity contribution in [2.24, 2.45) is 0 Å². The van der Waals surface area contributed by atoms with Crippen molar-refractivity contribution in [2.75, 3.05) is 5.32 Å². The number of halogens is 1. The second-order valence-electron chi connectivity index (χ2n) is 8.24. The SMILES string of the molecule is Cc1cc2nccc(Oc3ccc(C(=O)C(=O)Nc4cccc(-c5cnco5)c4)c(F)c3)c2cc1C. The zero-order chi connectivity index (χ0) is 25.2. The van der Waals surface area contributed by atoms with Crippen molar-refractivity contribution in [3.8, 4) is 22.8 Å². The van der Waals surface area contributed by atoms with Gasteiger partial charge in [0.15, 0.2) is 12.2 Å². The number of anilines is 1. The molecule has 0 saturated heterocycles. The molecule has 0 radical (unpaired) electrons. The zero-order valence-electron chi connectivity index (χ0n) is 19.4. The largest absolute Gasteiger partial charge is 0.456 e. The van der Waals surface area contributed by atoms with Crippen LogP contribution in [0.25, 0.3) is 22.2 Å². The summed E-state index contributed by atoms with van der Waals surface area (Å²) < 4.78 is 26.0. The third kappa shape index (κ3) is 4.56. The number of pyridine rings is 1. The first-order valence-corrected chi connectivity index (χ1v) is 11.1. The van der Waals surface area contributed by atoms with Gasteiger partial charge in [-0.3, -0.25) is 14.6 Å². The Hall–Kier alpha value is -4.85. The van der Waals surface area contributed by atoms with Crippen LogP contribution in [0.1, 0.15) is 21.5 Å². The van der Waals surface area contributed by atoms with Gasteiger partial charge in [0.1, 0.15) is 17.3 Å². The normalized spacial score (nSPS) is 10.9. The smallest absolute Gasteiger partial charge is 0.296 e. The summed E-state index contributed by atoms with van der Waals surface area (Å²) >= 11 is 0. The number of nitrogens with zero attached hydrogens (tertiary/aromatic N) is 2. The molecule has 2 aromatic heterocycles. The second-order valence-corrected chi connectivity index (χ2v) is 8.24. The highest BCUT2D eigenvalue weighted by atomic mass is 19.1. The van der Waals surface area contributed by atoms with Gasteiger partial charge in [0.25, 0.3) is 11.7 Å². The standard InChI is InChI=1S/C28H20FN3O4/c1-16-10-22-24(11-17(16)2)31-9-8-25(22)36-20-6-7-21(23(29)13-20)27(33)28(34)32-19-5-3-4-18(12-19)26-14-30-15-35-26/h3-15H,1-2H3,(H,32,34). The summed E-state index contributed by atoms with van der Waals surface area (Å²) in [5.41, 5.74) is 3.59. The summed E-state index contributed by atoms with van der Waals surface area (Å²) in [6.07, 6.45) is 4.43. The third-order valence-corrected chi connectivity index (χ3v) is 5.77. The Bertz CT molecular complexity index is 1610. The van der Waals surface area contributed by atoms with Gasteiger partial charge in [0, 0.05) is 28.9 Å². The number of ketones is 1. The summed E-state index contributed by atoms with van der Waals surface area (Å²) in [7, 11) is 0. The highest BCUT2D eigenvalue weighted by molar-refractivity contribution is 6.46. The predicted molar refractivity (Wildman–Crippen MR) is 133 cm³/mol. The topological polar surface area (TPSA) is 94.3 Å². The van der Waals surface area contributed by atoms with Gasteiger partial charge in [0.2, 0.25) is 0 Å². The molecule has 178 valence electrons. The second kappa shape index (κ2) is 9.42. The van der Waals surface area contributed by atoms with E-state index < -0.39 is 17.5 Å². The van der Waals surface area contributed by atoms with E-state index in [1.54, 1.807) is 36.5 Å². The Labute approximate surface area is 205 Å². The van der Waals surface area contributed by atoms with Crippen molar-refractivity contribution in [2.45, 2.75) is 13.8 Å². The molecule has 5 rings (SSSR count). The maximum absolute atomic E-state index is 14.9. The number of nitrogens with one attached hydrogen (secondary N) is 1. The first-order valence-electron chi connectivity index (χ1n) is 11.1. The number of benzene rings is 3. The number of ether oxygens (including phenoxy) is 1. The molecular weight excluding hydrogens is 461 g/mol. The summed E-state index contributed by atoms with van der Waals surface area (Å²) in [5.74, 6) is -1.64. The molecule has 2 heterocycles. The molecule has 8 heteroatoms. The molecule has 0 aliphatic heterocycles. The van der Waals surface area contributed by atoms with Crippen LogP contribution in [0.3, 0.4) is 0 Å². The minimum Gasteiger partial charge on any atom is -0.456 e. The quantitative estimate of drug-likeness (QED) is 0.227. The number of aromatic nitrogens is 2. The number of oxazole rings is 1. The monoisotopic (exact) mass is 481 g/mol. The predicted octanol–water partition coefficient (Wildman–Crippen LogP) is 6.26. The molecule has 0 aliphatic rings. The first-order chi connectivity index (χ1) is 17.4. The Balaban J connectivity index is 1.34. The Kier molecular flexibility index (Phi) is 6.00. The first kappa shape index (κ1) is 22.9. The van der Waals surface area contributed by atoms with Gasteiger partial charge in [0.05, 0.1) is 17.3 Å². The number of carbonyl (C=O) groups is 2. The fraction of sp³-hybridized carbons (Fsp3) is 0.0714. The van der Waals surface area contributed by atoms with Crippen LogP contribution >= 0.6 is 0 Å². The molecule has 0 saturated carbocycles. The highest BCUT2D eigenvalue weighted by Crippen LogP contribution is 2.31. The number of carbonyl (C=O) groups excluding carboxylic acids is 2. The molecule has 1 N–H and O–H groups in total. The van der Waals surface area contributed by atoms with E-state index in [1.165, 1.54) is 24.7 Å². The van der Waals surface area contributed by atoms with Crippen LogP contribution in [0, 0.1) is 19.7 Å². The number of fused-ring (bicyclic) bond motifs is 1. The van der Waals surface area contributed by atoms with E-state index >= 15 is 0 Å². The fourth-order valence-corrected chi connectivity index (χ4v) is 3.76. The number of hydrogen-bond donors (Lipinski definition) is 1. The van der Waals surface area contributed by atoms with Crippen LogP contribution in [0.2, 0.25) is 0 Å². The number of Topliss-reactive ketones (excluding diaryl/α,β-unsaturated/α-hetero) is 1. The van der Waals surface area contributed by atoms with Crippen molar-refractivity contribution in [1.29, 1.82) is 0 Å². The van der Waals surface area contributed by atoms with E-state index in [0.717, 1.165) is 28.1 Å². The van der Waals surface area contributed by atoms with Gasteiger partial charge < -0.3 is 14.5 Å². The van der Waals surface area contributed by atoms with Crippen molar-refractivity contribution < 1.29 is 23.1 Å². The summed E-state index contributed by atoms with van der Waals surface area (Å²) in [5, 5.41) is 3.28. The van der Waals surface area contributed by atoms with Gasteiger partial charge in [-0.05, 0) is 67.4 Å². The van der Waals surface area contributed by atoms with Gasteiger partial charge >= 0.3 is 0 Å². The van der Waals surface area contributed by atoms with Crippen LogP contribution < -0.4 is 10.1 Å². The van der Waals surface area contributed by atoms with E-state index in [2.05, 4.69) is 15.3 Å². The Morgan fingerprint density at radius 1 is 1.00 bits per heavy atom. The average molecular weight is 481 g/mol. The molecule has 0 spiro atoms.